The number of nitrogens with one attached hydrogen (secondary N) is 1. The van der Waals surface area contributed by atoms with Crippen molar-refractivity contribution in [2.45, 2.75) is 59.5 Å². The Labute approximate surface area is 267 Å². The van der Waals surface area contributed by atoms with Crippen LogP contribution in [0.5, 0.6) is 23.1 Å². The highest BCUT2D eigenvalue weighted by atomic mass is 16.7. The number of nitrogens with zero attached hydrogens (tertiary/aromatic N) is 3. The number of amides is 2. The highest BCUT2D eigenvalue weighted by Gasteiger charge is 2.42. The number of hydrogen-bond donors (Lipinski definition) is 2. The fraction of sp³-hybridized carbons (Fsp3) is 0.485. The summed E-state index contributed by atoms with van der Waals surface area (Å²) in [7, 11) is 1.53. The number of methoxy groups -OCH3 is 1. The second kappa shape index (κ2) is 12.9. The van der Waals surface area contributed by atoms with Crippen molar-refractivity contribution in [2.24, 2.45) is 10.8 Å². The summed E-state index contributed by atoms with van der Waals surface area (Å²) < 4.78 is 28.2. The molecular formula is C33H40N4O9. The lowest BCUT2D eigenvalue weighted by atomic mass is 9.85. The summed E-state index contributed by atoms with van der Waals surface area (Å²) in [6.45, 7) is 9.87. The number of carbonyl (C=O) groups is 3. The first-order valence-corrected chi connectivity index (χ1v) is 15.1. The van der Waals surface area contributed by atoms with Gasteiger partial charge in [0.2, 0.25) is 18.6 Å². The molecule has 2 aromatic carbocycles. The van der Waals surface area contributed by atoms with E-state index in [0.717, 1.165) is 5.56 Å². The minimum Gasteiger partial charge on any atom is -0.493 e. The summed E-state index contributed by atoms with van der Waals surface area (Å²) in [5.41, 5.74) is 1.17. The lowest BCUT2D eigenvalue weighted by Gasteiger charge is -2.34. The minimum absolute atomic E-state index is 0.00508. The number of hydrogen-bond acceptors (Lipinski definition) is 10. The molecule has 1 fully saturated rings. The predicted octanol–water partition coefficient (Wildman–Crippen LogP) is 4.66. The van der Waals surface area contributed by atoms with Gasteiger partial charge in [-0.1, -0.05) is 46.8 Å². The van der Waals surface area contributed by atoms with Gasteiger partial charge < -0.3 is 39.0 Å². The highest BCUT2D eigenvalue weighted by molar-refractivity contribution is 5.90. The minimum atomic E-state index is -1.05. The van der Waals surface area contributed by atoms with Crippen molar-refractivity contribution in [3.05, 3.63) is 36.4 Å². The fourth-order valence-electron chi connectivity index (χ4n) is 5.37. The third-order valence-electron chi connectivity index (χ3n) is 7.86. The SMILES string of the molecule is COc1nc2c3c(ccc2nc1-c1cccc(OCC(C)(C)COC(=O)N[C@H](C(=O)N2CCC[C@H]2C(=O)O)C(C)(C)C)c1)OCO3. The predicted molar refractivity (Wildman–Crippen MR) is 167 cm³/mol. The normalized spacial score (nSPS) is 16.7. The molecule has 1 saturated heterocycles. The van der Waals surface area contributed by atoms with Crippen molar-refractivity contribution in [1.82, 2.24) is 20.2 Å². The van der Waals surface area contributed by atoms with Crippen molar-refractivity contribution in [2.75, 3.05) is 33.7 Å². The lowest BCUT2D eigenvalue weighted by Crippen LogP contribution is -2.56. The molecule has 0 radical (unpaired) electrons. The van der Waals surface area contributed by atoms with E-state index in [9.17, 15) is 19.5 Å². The van der Waals surface area contributed by atoms with Gasteiger partial charge in [0.05, 0.1) is 19.2 Å². The Morgan fingerprint density at radius 1 is 1.09 bits per heavy atom. The molecule has 0 bridgehead atoms. The third-order valence-corrected chi connectivity index (χ3v) is 7.86. The topological polar surface area (TPSA) is 159 Å². The van der Waals surface area contributed by atoms with Gasteiger partial charge in [-0.15, -0.1) is 0 Å². The largest absolute Gasteiger partial charge is 0.493 e. The molecule has 46 heavy (non-hydrogen) atoms. The summed E-state index contributed by atoms with van der Waals surface area (Å²) in [5, 5.41) is 12.2. The van der Waals surface area contributed by atoms with Gasteiger partial charge in [-0.3, -0.25) is 4.79 Å². The first-order valence-electron chi connectivity index (χ1n) is 15.1. The zero-order valence-corrected chi connectivity index (χ0v) is 26.9. The number of carboxylic acids is 1. The van der Waals surface area contributed by atoms with Crippen molar-refractivity contribution in [3.8, 4) is 34.4 Å². The molecule has 0 unspecified atom stereocenters. The number of ether oxygens (including phenoxy) is 5. The van der Waals surface area contributed by atoms with Crippen LogP contribution < -0.4 is 24.3 Å². The first kappa shape index (κ1) is 32.6. The van der Waals surface area contributed by atoms with Crippen molar-refractivity contribution in [3.63, 3.8) is 0 Å². The number of aromatic nitrogens is 2. The average Bonchev–Trinajstić information content (AvgIpc) is 3.71. The molecule has 0 spiro atoms. The van der Waals surface area contributed by atoms with E-state index in [0.29, 0.717) is 59.2 Å². The van der Waals surface area contributed by atoms with Crippen molar-refractivity contribution in [1.29, 1.82) is 0 Å². The number of aliphatic carboxylic acids is 1. The van der Waals surface area contributed by atoms with Gasteiger partial charge in [0.1, 0.15) is 35.7 Å². The van der Waals surface area contributed by atoms with Crippen LogP contribution in [0, 0.1) is 10.8 Å². The number of carbonyl (C=O) groups excluding carboxylic acids is 2. The second-order valence-corrected chi connectivity index (χ2v) is 13.3. The van der Waals surface area contributed by atoms with Crippen LogP contribution in [-0.4, -0.2) is 83.7 Å². The molecule has 0 saturated carbocycles. The molecule has 2 atom stereocenters. The Kier molecular flexibility index (Phi) is 9.13. The molecule has 3 heterocycles. The van der Waals surface area contributed by atoms with Crippen LogP contribution in [0.4, 0.5) is 4.79 Å². The number of carboxylic acid groups (broad SMARTS) is 1. The summed E-state index contributed by atoms with van der Waals surface area (Å²) in [4.78, 5) is 48.6. The molecule has 1 aromatic heterocycles. The van der Waals surface area contributed by atoms with Crippen molar-refractivity contribution < 1.29 is 43.2 Å². The molecule has 3 aromatic rings. The van der Waals surface area contributed by atoms with Crippen LogP contribution in [0.15, 0.2) is 36.4 Å². The number of fused-ring (bicyclic) bond motifs is 3. The van der Waals surface area contributed by atoms with Crippen LogP contribution >= 0.6 is 0 Å². The molecule has 2 N–H and O–H groups in total. The van der Waals surface area contributed by atoms with E-state index >= 15 is 0 Å². The molecule has 2 amide bonds. The van der Waals surface area contributed by atoms with E-state index in [4.69, 9.17) is 28.7 Å². The zero-order valence-electron chi connectivity index (χ0n) is 26.9. The van der Waals surface area contributed by atoms with Crippen LogP contribution in [0.25, 0.3) is 22.3 Å². The van der Waals surface area contributed by atoms with E-state index in [-0.39, 0.29) is 20.0 Å². The summed E-state index contributed by atoms with van der Waals surface area (Å²) in [6.07, 6.45) is 0.214. The van der Waals surface area contributed by atoms with Gasteiger partial charge >= 0.3 is 12.1 Å². The molecular weight excluding hydrogens is 596 g/mol. The van der Waals surface area contributed by atoms with E-state index in [1.54, 1.807) is 6.07 Å². The first-order chi connectivity index (χ1) is 21.8. The third kappa shape index (κ3) is 7.03. The Hall–Kier alpha value is -4.81. The van der Waals surface area contributed by atoms with E-state index < -0.39 is 40.9 Å². The van der Waals surface area contributed by atoms with Gasteiger partial charge in [-0.05, 0) is 42.5 Å². The van der Waals surface area contributed by atoms with E-state index in [2.05, 4.69) is 10.3 Å². The molecule has 246 valence electrons. The van der Waals surface area contributed by atoms with Gasteiger partial charge in [0, 0.05) is 17.5 Å². The number of benzene rings is 2. The van der Waals surface area contributed by atoms with Crippen LogP contribution in [0.1, 0.15) is 47.5 Å². The molecule has 0 aliphatic carbocycles. The highest BCUT2D eigenvalue weighted by Crippen LogP contribution is 2.40. The Morgan fingerprint density at radius 2 is 1.87 bits per heavy atom. The van der Waals surface area contributed by atoms with E-state index in [1.165, 1.54) is 12.0 Å². The van der Waals surface area contributed by atoms with Crippen LogP contribution in [-0.2, 0) is 14.3 Å². The second-order valence-electron chi connectivity index (χ2n) is 13.3. The Morgan fingerprint density at radius 3 is 2.59 bits per heavy atom. The molecule has 13 heteroatoms. The smallest absolute Gasteiger partial charge is 0.407 e. The fourth-order valence-corrected chi connectivity index (χ4v) is 5.37. The molecule has 5 rings (SSSR count). The Bertz CT molecular complexity index is 1640. The summed E-state index contributed by atoms with van der Waals surface area (Å²) in [6, 6.07) is 9.12. The van der Waals surface area contributed by atoms with Gasteiger partial charge in [0.25, 0.3) is 0 Å². The maximum atomic E-state index is 13.3. The van der Waals surface area contributed by atoms with Gasteiger partial charge in [-0.2, -0.15) is 0 Å². The van der Waals surface area contributed by atoms with Crippen LogP contribution in [0.3, 0.4) is 0 Å². The standard InChI is InChI=1S/C33H40N4O9/c1-32(2,3)27(29(38)37-14-8-11-22(37)30(39)40)36-31(41)44-17-33(4,5)16-43-20-10-7-9-19(15-20)24-28(42-6)35-25-21(34-24)12-13-23-26(25)46-18-45-23/h7,9-10,12-13,15,22,27H,8,11,14,16-18H2,1-6H3,(H,36,41)(H,39,40)/t22-,27+/m0/s1. The summed E-state index contributed by atoms with van der Waals surface area (Å²) >= 11 is 0. The number of alkyl carbamates (subject to hydrolysis) is 1. The Balaban J connectivity index is 1.22. The quantitative estimate of drug-likeness (QED) is 0.319. The maximum absolute atomic E-state index is 13.3. The zero-order chi connectivity index (χ0) is 33.2. The van der Waals surface area contributed by atoms with Crippen molar-refractivity contribution >= 4 is 29.0 Å². The number of likely N-dealkylation sites (tertiary alicyclic amines) is 1. The molecule has 13 nitrogen and oxygen atoms in total. The number of rotatable bonds is 10. The molecule has 2 aliphatic rings. The summed E-state index contributed by atoms with van der Waals surface area (Å²) in [5.74, 6) is 0.547. The maximum Gasteiger partial charge on any atom is 0.407 e. The average molecular weight is 637 g/mol. The monoisotopic (exact) mass is 636 g/mol. The lowest BCUT2D eigenvalue weighted by molar-refractivity contribution is -0.150. The van der Waals surface area contributed by atoms with Gasteiger partial charge in [-0.25, -0.2) is 19.6 Å². The van der Waals surface area contributed by atoms with E-state index in [1.807, 2.05) is 65.0 Å². The van der Waals surface area contributed by atoms with Gasteiger partial charge in [0.15, 0.2) is 11.5 Å². The van der Waals surface area contributed by atoms with Crippen LogP contribution in [0.2, 0.25) is 0 Å². The molecule has 2 aliphatic heterocycles.